The maximum Gasteiger partial charge on any atom is 0.401 e. The summed E-state index contributed by atoms with van der Waals surface area (Å²) in [5, 5.41) is 0. The van der Waals surface area contributed by atoms with E-state index in [9.17, 15) is 17.6 Å². The summed E-state index contributed by atoms with van der Waals surface area (Å²) in [6.45, 7) is -0.526. The van der Waals surface area contributed by atoms with E-state index in [0.717, 1.165) is 5.56 Å². The van der Waals surface area contributed by atoms with Gasteiger partial charge in [0.05, 0.1) is 24.0 Å². The van der Waals surface area contributed by atoms with Crippen LogP contribution >= 0.6 is 0 Å². The molecule has 3 heterocycles. The zero-order chi connectivity index (χ0) is 19.7. The fourth-order valence-electron chi connectivity index (χ4n) is 3.57. The lowest BCUT2D eigenvalue weighted by molar-refractivity contribution is -0.148. The highest BCUT2D eigenvalue weighted by molar-refractivity contribution is 5.64. The molecule has 0 unspecified atom stereocenters. The molecule has 1 aliphatic rings. The number of halogens is 4. The summed E-state index contributed by atoms with van der Waals surface area (Å²) in [7, 11) is 0. The number of likely N-dealkylation sites (tertiary alicyclic amines) is 1. The molecule has 0 saturated carbocycles. The summed E-state index contributed by atoms with van der Waals surface area (Å²) in [5.74, 6) is 0.200. The highest BCUT2D eigenvalue weighted by Gasteiger charge is 2.37. The molecule has 1 aliphatic heterocycles. The van der Waals surface area contributed by atoms with Crippen LogP contribution in [-0.4, -0.2) is 39.1 Å². The number of aromatic amines is 1. The van der Waals surface area contributed by atoms with Gasteiger partial charge >= 0.3 is 6.18 Å². The van der Waals surface area contributed by atoms with Crippen molar-refractivity contribution < 1.29 is 17.6 Å². The van der Waals surface area contributed by atoms with Gasteiger partial charge in [0.1, 0.15) is 11.6 Å². The number of H-pyrrole nitrogens is 1. The minimum atomic E-state index is -4.23. The Balaban J connectivity index is 1.53. The average molecular weight is 390 g/mol. The highest BCUT2D eigenvalue weighted by Crippen LogP contribution is 2.34. The molecule has 1 aromatic carbocycles. The molecule has 1 atom stereocenters. The normalized spacial score (nSPS) is 17.9. The lowest BCUT2D eigenvalue weighted by Gasteiger charge is -2.23. The van der Waals surface area contributed by atoms with Crippen LogP contribution in [-0.2, 0) is 0 Å². The van der Waals surface area contributed by atoms with Gasteiger partial charge in [0, 0.05) is 23.5 Å². The first kappa shape index (κ1) is 18.6. The molecule has 1 fully saturated rings. The molecule has 0 aliphatic carbocycles. The Morgan fingerprint density at radius 3 is 2.68 bits per heavy atom. The van der Waals surface area contributed by atoms with Crippen molar-refractivity contribution in [3.05, 3.63) is 60.4 Å². The van der Waals surface area contributed by atoms with Gasteiger partial charge in [-0.15, -0.1) is 0 Å². The monoisotopic (exact) mass is 390 g/mol. The second-order valence-corrected chi connectivity index (χ2v) is 6.86. The summed E-state index contributed by atoms with van der Waals surface area (Å²) >= 11 is 0. The first-order valence-electron chi connectivity index (χ1n) is 8.97. The van der Waals surface area contributed by atoms with Crippen LogP contribution in [0.1, 0.15) is 24.7 Å². The van der Waals surface area contributed by atoms with Gasteiger partial charge in [-0.2, -0.15) is 13.2 Å². The van der Waals surface area contributed by atoms with Gasteiger partial charge < -0.3 is 4.98 Å². The van der Waals surface area contributed by atoms with Crippen LogP contribution in [0.5, 0.6) is 0 Å². The standard InChI is InChI=1S/C20H18F4N4/c21-15-4-1-3-13(9-15)16-7-6-14(10-25-16)17-11-26-19(27-17)18-5-2-8-28(18)12-20(22,23)24/h1,3-4,6-7,9-11,18H,2,5,8,12H2,(H,26,27)/t18-/m1/s1. The van der Waals surface area contributed by atoms with E-state index < -0.39 is 12.7 Å². The molecule has 4 nitrogen and oxygen atoms in total. The molecule has 2 aromatic heterocycles. The van der Waals surface area contributed by atoms with Gasteiger partial charge in [0.25, 0.3) is 0 Å². The first-order chi connectivity index (χ1) is 13.4. The molecule has 1 saturated heterocycles. The smallest absolute Gasteiger partial charge is 0.347 e. The van der Waals surface area contributed by atoms with Crippen molar-refractivity contribution in [1.82, 2.24) is 19.9 Å². The van der Waals surface area contributed by atoms with Crippen molar-refractivity contribution in [2.75, 3.05) is 13.1 Å². The maximum absolute atomic E-state index is 13.4. The molecule has 8 heteroatoms. The number of rotatable bonds is 4. The molecule has 0 bridgehead atoms. The van der Waals surface area contributed by atoms with Crippen molar-refractivity contribution in [3.8, 4) is 22.5 Å². The predicted molar refractivity (Wildman–Crippen MR) is 96.8 cm³/mol. The fraction of sp³-hybridized carbons (Fsp3) is 0.300. The van der Waals surface area contributed by atoms with E-state index >= 15 is 0 Å². The third-order valence-corrected chi connectivity index (χ3v) is 4.84. The number of benzene rings is 1. The van der Waals surface area contributed by atoms with E-state index in [0.29, 0.717) is 42.2 Å². The van der Waals surface area contributed by atoms with Gasteiger partial charge in [-0.05, 0) is 43.7 Å². The van der Waals surface area contributed by atoms with E-state index in [1.54, 1.807) is 30.6 Å². The SMILES string of the molecule is Fc1cccc(-c2ccc(-c3c[nH]c([C@H]4CCCN4CC(F)(F)F)n3)cn2)c1. The van der Waals surface area contributed by atoms with Crippen LogP contribution < -0.4 is 0 Å². The average Bonchev–Trinajstić information content (AvgIpc) is 3.30. The predicted octanol–water partition coefficient (Wildman–Crippen LogP) is 4.98. The van der Waals surface area contributed by atoms with Crippen molar-refractivity contribution in [2.45, 2.75) is 25.1 Å². The van der Waals surface area contributed by atoms with Crippen LogP contribution in [0.4, 0.5) is 17.6 Å². The summed E-state index contributed by atoms with van der Waals surface area (Å²) in [6.07, 6.45) is 0.426. The molecule has 0 amide bonds. The summed E-state index contributed by atoms with van der Waals surface area (Å²) < 4.78 is 51.7. The van der Waals surface area contributed by atoms with Crippen molar-refractivity contribution in [1.29, 1.82) is 0 Å². The van der Waals surface area contributed by atoms with Crippen LogP contribution in [0.15, 0.2) is 48.8 Å². The largest absolute Gasteiger partial charge is 0.401 e. The van der Waals surface area contributed by atoms with E-state index in [2.05, 4.69) is 15.0 Å². The number of alkyl halides is 3. The molecule has 28 heavy (non-hydrogen) atoms. The van der Waals surface area contributed by atoms with Gasteiger partial charge in [0.2, 0.25) is 0 Å². The van der Waals surface area contributed by atoms with Crippen molar-refractivity contribution >= 4 is 0 Å². The van der Waals surface area contributed by atoms with Crippen LogP contribution in [0.3, 0.4) is 0 Å². The number of nitrogens with one attached hydrogen (secondary N) is 1. The quantitative estimate of drug-likeness (QED) is 0.640. The molecular formula is C20H18F4N4. The minimum Gasteiger partial charge on any atom is -0.347 e. The zero-order valence-electron chi connectivity index (χ0n) is 14.9. The van der Waals surface area contributed by atoms with Crippen molar-refractivity contribution in [2.24, 2.45) is 0 Å². The summed E-state index contributed by atoms with van der Waals surface area (Å²) in [5.41, 5.74) is 2.66. The summed E-state index contributed by atoms with van der Waals surface area (Å²) in [4.78, 5) is 13.3. The Kier molecular flexibility index (Phi) is 4.89. The molecule has 4 rings (SSSR count). The third-order valence-electron chi connectivity index (χ3n) is 4.84. The first-order valence-corrected chi connectivity index (χ1v) is 8.97. The molecular weight excluding hydrogens is 372 g/mol. The Bertz CT molecular complexity index is 949. The Hall–Kier alpha value is -2.74. The number of nitrogens with zero attached hydrogens (tertiary/aromatic N) is 3. The number of aromatic nitrogens is 3. The fourth-order valence-corrected chi connectivity index (χ4v) is 3.57. The van der Waals surface area contributed by atoms with E-state index in [4.69, 9.17) is 0 Å². The molecule has 1 N–H and O–H groups in total. The van der Waals surface area contributed by atoms with Gasteiger partial charge in [-0.3, -0.25) is 9.88 Å². The van der Waals surface area contributed by atoms with Gasteiger partial charge in [-0.25, -0.2) is 9.37 Å². The van der Waals surface area contributed by atoms with Crippen LogP contribution in [0, 0.1) is 5.82 Å². The van der Waals surface area contributed by atoms with Crippen LogP contribution in [0.2, 0.25) is 0 Å². The number of imidazole rings is 1. The molecule has 0 radical (unpaired) electrons. The lowest BCUT2D eigenvalue weighted by atomic mass is 10.1. The number of pyridine rings is 1. The second-order valence-electron chi connectivity index (χ2n) is 6.86. The maximum atomic E-state index is 13.4. The lowest BCUT2D eigenvalue weighted by Crippen LogP contribution is -2.34. The Labute approximate surface area is 159 Å². The third kappa shape index (κ3) is 4.06. The number of hydrogen-bond donors (Lipinski definition) is 1. The molecule has 146 valence electrons. The van der Waals surface area contributed by atoms with E-state index in [1.165, 1.54) is 17.0 Å². The summed E-state index contributed by atoms with van der Waals surface area (Å²) in [6, 6.07) is 9.38. The van der Waals surface area contributed by atoms with E-state index in [1.807, 2.05) is 6.07 Å². The minimum absolute atomic E-state index is 0.333. The van der Waals surface area contributed by atoms with Gasteiger partial charge in [-0.1, -0.05) is 12.1 Å². The zero-order valence-corrected chi connectivity index (χ0v) is 14.9. The van der Waals surface area contributed by atoms with Crippen molar-refractivity contribution in [3.63, 3.8) is 0 Å². The van der Waals surface area contributed by atoms with Gasteiger partial charge in [0.15, 0.2) is 0 Å². The Morgan fingerprint density at radius 2 is 1.96 bits per heavy atom. The second kappa shape index (κ2) is 7.35. The van der Waals surface area contributed by atoms with Crippen LogP contribution in [0.25, 0.3) is 22.5 Å². The van der Waals surface area contributed by atoms with E-state index in [-0.39, 0.29) is 11.9 Å². The molecule has 0 spiro atoms. The molecule has 3 aromatic rings. The number of hydrogen-bond acceptors (Lipinski definition) is 3. The Morgan fingerprint density at radius 1 is 1.11 bits per heavy atom. The topological polar surface area (TPSA) is 44.8 Å². The highest BCUT2D eigenvalue weighted by atomic mass is 19.4.